The summed E-state index contributed by atoms with van der Waals surface area (Å²) >= 11 is 6.00. The standard InChI is InChI=1S/C21H19ClFN3O3/c1-12(27)25-7-6-13-8-16(3-5-19(13)25)26-11-14(9-20(26)28)21(29)24-18-10-15(23)2-4-17(18)22/h2-5,8,10,14H,6-7,9,11H2,1H3,(H,24,29)/t14-/m0/s1. The van der Waals surface area contributed by atoms with Crippen LogP contribution in [-0.2, 0) is 20.8 Å². The molecule has 2 aromatic carbocycles. The molecule has 6 nitrogen and oxygen atoms in total. The zero-order valence-corrected chi connectivity index (χ0v) is 16.5. The average Bonchev–Trinajstić information content (AvgIpc) is 3.27. The lowest BCUT2D eigenvalue weighted by atomic mass is 10.1. The molecule has 0 bridgehead atoms. The van der Waals surface area contributed by atoms with Crippen LogP contribution in [0.1, 0.15) is 18.9 Å². The number of rotatable bonds is 3. The van der Waals surface area contributed by atoms with Crippen LogP contribution in [0.4, 0.5) is 21.5 Å². The summed E-state index contributed by atoms with van der Waals surface area (Å²) in [4.78, 5) is 40.1. The number of nitrogens with zero attached hydrogens (tertiary/aromatic N) is 2. The quantitative estimate of drug-likeness (QED) is 0.835. The van der Waals surface area contributed by atoms with Crippen LogP contribution in [0.2, 0.25) is 5.02 Å². The number of halogens is 2. The minimum absolute atomic E-state index is 0.0125. The monoisotopic (exact) mass is 415 g/mol. The molecule has 3 amide bonds. The Morgan fingerprint density at radius 1 is 1.21 bits per heavy atom. The maximum absolute atomic E-state index is 13.4. The van der Waals surface area contributed by atoms with Crippen molar-refractivity contribution in [3.8, 4) is 0 Å². The van der Waals surface area contributed by atoms with Crippen molar-refractivity contribution < 1.29 is 18.8 Å². The van der Waals surface area contributed by atoms with Gasteiger partial charge in [-0.2, -0.15) is 0 Å². The minimum Gasteiger partial charge on any atom is -0.324 e. The fourth-order valence-corrected chi connectivity index (χ4v) is 4.01. The van der Waals surface area contributed by atoms with Crippen molar-refractivity contribution in [1.82, 2.24) is 0 Å². The van der Waals surface area contributed by atoms with Gasteiger partial charge in [0.2, 0.25) is 17.7 Å². The second kappa shape index (κ2) is 7.48. The highest BCUT2D eigenvalue weighted by atomic mass is 35.5. The molecule has 2 aliphatic rings. The number of carbonyl (C=O) groups is 3. The molecule has 1 saturated heterocycles. The molecular formula is C21H19ClFN3O3. The number of hydrogen-bond donors (Lipinski definition) is 1. The number of nitrogens with one attached hydrogen (secondary N) is 1. The maximum atomic E-state index is 13.4. The number of hydrogen-bond acceptors (Lipinski definition) is 3. The van der Waals surface area contributed by atoms with E-state index in [1.165, 1.54) is 19.1 Å². The summed E-state index contributed by atoms with van der Waals surface area (Å²) in [5.74, 6) is -1.62. The molecule has 1 N–H and O–H groups in total. The SMILES string of the molecule is CC(=O)N1CCc2cc(N3C[C@@H](C(=O)Nc4cc(F)ccc4Cl)CC3=O)ccc21. The van der Waals surface area contributed by atoms with Crippen molar-refractivity contribution in [1.29, 1.82) is 0 Å². The summed E-state index contributed by atoms with van der Waals surface area (Å²) in [6.45, 7) is 2.38. The van der Waals surface area contributed by atoms with Crippen LogP contribution in [0, 0.1) is 11.7 Å². The highest BCUT2D eigenvalue weighted by Gasteiger charge is 2.36. The third kappa shape index (κ3) is 3.70. The van der Waals surface area contributed by atoms with Crippen LogP contribution in [0.5, 0.6) is 0 Å². The second-order valence-corrected chi connectivity index (χ2v) is 7.66. The van der Waals surface area contributed by atoms with Gasteiger partial charge in [-0.1, -0.05) is 11.6 Å². The van der Waals surface area contributed by atoms with E-state index < -0.39 is 11.7 Å². The topological polar surface area (TPSA) is 69.7 Å². The lowest BCUT2D eigenvalue weighted by Crippen LogP contribution is -2.28. The zero-order valence-electron chi connectivity index (χ0n) is 15.7. The molecule has 2 aromatic rings. The summed E-state index contributed by atoms with van der Waals surface area (Å²) in [6.07, 6.45) is 0.794. The Bertz CT molecular complexity index is 1030. The van der Waals surface area contributed by atoms with Gasteiger partial charge in [-0.3, -0.25) is 14.4 Å². The molecule has 0 unspecified atom stereocenters. The molecular weight excluding hydrogens is 397 g/mol. The van der Waals surface area contributed by atoms with Crippen LogP contribution < -0.4 is 15.1 Å². The number of benzene rings is 2. The predicted molar refractivity (Wildman–Crippen MR) is 109 cm³/mol. The van der Waals surface area contributed by atoms with Gasteiger partial charge in [0.05, 0.1) is 16.6 Å². The first kappa shape index (κ1) is 19.4. The van der Waals surface area contributed by atoms with Crippen LogP contribution in [0.25, 0.3) is 0 Å². The predicted octanol–water partition coefficient (Wildman–Crippen LogP) is 3.38. The van der Waals surface area contributed by atoms with Crippen LogP contribution in [-0.4, -0.2) is 30.8 Å². The third-order valence-electron chi connectivity index (χ3n) is 5.33. The number of amides is 3. The Balaban J connectivity index is 1.49. The fraction of sp³-hybridized carbons (Fsp3) is 0.286. The van der Waals surface area contributed by atoms with Gasteiger partial charge in [-0.25, -0.2) is 4.39 Å². The molecule has 4 rings (SSSR count). The lowest BCUT2D eigenvalue weighted by Gasteiger charge is -2.19. The molecule has 2 heterocycles. The molecule has 0 saturated carbocycles. The van der Waals surface area contributed by atoms with Gasteiger partial charge in [0.15, 0.2) is 0 Å². The molecule has 2 aliphatic heterocycles. The summed E-state index contributed by atoms with van der Waals surface area (Å²) in [5, 5.41) is 2.84. The average molecular weight is 416 g/mol. The van der Waals surface area contributed by atoms with E-state index in [4.69, 9.17) is 11.6 Å². The normalized spacial score (nSPS) is 18.2. The van der Waals surface area contributed by atoms with Crippen molar-refractivity contribution in [3.05, 3.63) is 52.8 Å². The Morgan fingerprint density at radius 3 is 2.76 bits per heavy atom. The van der Waals surface area contributed by atoms with Crippen molar-refractivity contribution >= 4 is 46.4 Å². The second-order valence-electron chi connectivity index (χ2n) is 7.25. The van der Waals surface area contributed by atoms with Crippen LogP contribution in [0.15, 0.2) is 36.4 Å². The first-order valence-electron chi connectivity index (χ1n) is 9.31. The highest BCUT2D eigenvalue weighted by Crippen LogP contribution is 2.34. The first-order valence-corrected chi connectivity index (χ1v) is 9.68. The summed E-state index contributed by atoms with van der Waals surface area (Å²) in [6, 6.07) is 9.26. The molecule has 29 heavy (non-hydrogen) atoms. The van der Waals surface area contributed by atoms with Gasteiger partial charge in [-0.15, -0.1) is 0 Å². The molecule has 1 fully saturated rings. The van der Waals surface area contributed by atoms with Gasteiger partial charge >= 0.3 is 0 Å². The molecule has 150 valence electrons. The highest BCUT2D eigenvalue weighted by molar-refractivity contribution is 6.33. The molecule has 1 atom stereocenters. The summed E-state index contributed by atoms with van der Waals surface area (Å²) in [5.41, 5.74) is 2.76. The Morgan fingerprint density at radius 2 is 2.00 bits per heavy atom. The van der Waals surface area contributed by atoms with Gasteiger partial charge in [0.25, 0.3) is 0 Å². The summed E-state index contributed by atoms with van der Waals surface area (Å²) in [7, 11) is 0. The molecule has 8 heteroatoms. The van der Waals surface area contributed by atoms with E-state index in [2.05, 4.69) is 5.32 Å². The van der Waals surface area contributed by atoms with Gasteiger partial charge < -0.3 is 15.1 Å². The van der Waals surface area contributed by atoms with Crippen molar-refractivity contribution in [2.24, 2.45) is 5.92 Å². The zero-order chi connectivity index (χ0) is 20.7. The Hall–Kier alpha value is -2.93. The first-order chi connectivity index (χ1) is 13.8. The number of fused-ring (bicyclic) bond motifs is 1. The van der Waals surface area contributed by atoms with E-state index in [1.807, 2.05) is 12.1 Å². The lowest BCUT2D eigenvalue weighted by molar-refractivity contribution is -0.122. The van der Waals surface area contributed by atoms with Gasteiger partial charge in [0.1, 0.15) is 5.82 Å². The molecule has 0 radical (unpaired) electrons. The van der Waals surface area contributed by atoms with E-state index in [9.17, 15) is 18.8 Å². The van der Waals surface area contributed by atoms with Crippen molar-refractivity contribution in [2.45, 2.75) is 19.8 Å². The fourth-order valence-electron chi connectivity index (χ4n) is 3.84. The number of carbonyl (C=O) groups excluding carboxylic acids is 3. The van der Waals surface area contributed by atoms with Gasteiger partial charge in [0, 0.05) is 37.8 Å². The van der Waals surface area contributed by atoms with E-state index in [0.717, 1.165) is 23.7 Å². The maximum Gasteiger partial charge on any atom is 0.229 e. The Kier molecular flexibility index (Phi) is 5.00. The largest absolute Gasteiger partial charge is 0.324 e. The van der Waals surface area contributed by atoms with E-state index in [-0.39, 0.29) is 41.4 Å². The van der Waals surface area contributed by atoms with Crippen LogP contribution >= 0.6 is 11.6 Å². The molecule has 0 aliphatic carbocycles. The summed E-state index contributed by atoms with van der Waals surface area (Å²) < 4.78 is 13.4. The molecule has 0 spiro atoms. The smallest absolute Gasteiger partial charge is 0.229 e. The van der Waals surface area contributed by atoms with E-state index in [0.29, 0.717) is 12.2 Å². The van der Waals surface area contributed by atoms with E-state index >= 15 is 0 Å². The van der Waals surface area contributed by atoms with E-state index in [1.54, 1.807) is 15.9 Å². The van der Waals surface area contributed by atoms with Gasteiger partial charge in [-0.05, 0) is 48.4 Å². The van der Waals surface area contributed by atoms with Crippen molar-refractivity contribution in [2.75, 3.05) is 28.2 Å². The number of anilines is 3. The van der Waals surface area contributed by atoms with Crippen LogP contribution in [0.3, 0.4) is 0 Å². The minimum atomic E-state index is -0.566. The van der Waals surface area contributed by atoms with Crippen molar-refractivity contribution in [3.63, 3.8) is 0 Å². The Labute approximate surface area is 172 Å². The third-order valence-corrected chi connectivity index (χ3v) is 5.66. The molecule has 0 aromatic heterocycles.